The lowest BCUT2D eigenvalue weighted by atomic mass is 9.95. The first-order valence-corrected chi connectivity index (χ1v) is 5.01. The number of halogens is 4. The smallest absolute Gasteiger partial charge is 0.246 e. The van der Waals surface area contributed by atoms with Gasteiger partial charge in [-0.2, -0.15) is 17.6 Å². The Hall–Kier alpha value is -1.14. The van der Waals surface area contributed by atoms with Crippen LogP contribution in [0.3, 0.4) is 0 Å². The molecule has 0 saturated carbocycles. The third kappa shape index (κ3) is 1.68. The van der Waals surface area contributed by atoms with Gasteiger partial charge >= 0.3 is 0 Å². The second kappa shape index (κ2) is 3.43. The first-order chi connectivity index (χ1) is 7.34. The molecule has 0 amide bonds. The highest BCUT2D eigenvalue weighted by atomic mass is 19.3. The van der Waals surface area contributed by atoms with Gasteiger partial charge in [0.25, 0.3) is 11.8 Å². The molecular formula is C9H11F4N3. The summed E-state index contributed by atoms with van der Waals surface area (Å²) in [5, 5.41) is 6.47. The largest absolute Gasteiger partial charge is 0.293 e. The van der Waals surface area contributed by atoms with E-state index in [0.29, 0.717) is 0 Å². The SMILES string of the molecule is Cn1nnc2c1C(F)(F)CCCCC2(F)F. The fourth-order valence-corrected chi connectivity index (χ4v) is 1.94. The second-order valence-corrected chi connectivity index (χ2v) is 4.03. The van der Waals surface area contributed by atoms with Crippen molar-refractivity contribution in [2.75, 3.05) is 0 Å². The maximum absolute atomic E-state index is 13.6. The van der Waals surface area contributed by atoms with Crippen LogP contribution in [0, 0.1) is 0 Å². The van der Waals surface area contributed by atoms with Gasteiger partial charge in [0.05, 0.1) is 0 Å². The van der Waals surface area contributed by atoms with Crippen molar-refractivity contribution in [1.82, 2.24) is 15.0 Å². The predicted molar refractivity (Wildman–Crippen MR) is 47.3 cm³/mol. The number of alkyl halides is 4. The lowest BCUT2D eigenvalue weighted by Crippen LogP contribution is -2.27. The molecule has 0 atom stereocenters. The molecular weight excluding hydrogens is 226 g/mol. The van der Waals surface area contributed by atoms with E-state index in [4.69, 9.17) is 0 Å². The van der Waals surface area contributed by atoms with E-state index in [9.17, 15) is 17.6 Å². The highest BCUT2D eigenvalue weighted by molar-refractivity contribution is 5.21. The van der Waals surface area contributed by atoms with E-state index in [2.05, 4.69) is 10.3 Å². The molecule has 1 aromatic rings. The fourth-order valence-electron chi connectivity index (χ4n) is 1.94. The second-order valence-electron chi connectivity index (χ2n) is 4.03. The Morgan fingerprint density at radius 2 is 1.62 bits per heavy atom. The van der Waals surface area contributed by atoms with Crippen molar-refractivity contribution in [3.8, 4) is 0 Å². The van der Waals surface area contributed by atoms with Gasteiger partial charge in [-0.1, -0.05) is 5.21 Å². The van der Waals surface area contributed by atoms with E-state index in [0.717, 1.165) is 4.68 Å². The summed E-state index contributed by atoms with van der Waals surface area (Å²) in [7, 11) is 1.21. The molecule has 0 aliphatic heterocycles. The molecule has 1 aliphatic carbocycles. The van der Waals surface area contributed by atoms with Crippen LogP contribution in [0.5, 0.6) is 0 Å². The summed E-state index contributed by atoms with van der Waals surface area (Å²) in [5.74, 6) is -6.59. The van der Waals surface area contributed by atoms with Gasteiger partial charge in [0.1, 0.15) is 5.69 Å². The summed E-state index contributed by atoms with van der Waals surface area (Å²) in [6, 6.07) is 0. The number of aryl methyl sites for hydroxylation is 1. The molecule has 0 spiro atoms. The quantitative estimate of drug-likeness (QED) is 0.649. The molecule has 7 heteroatoms. The normalized spacial score (nSPS) is 23.3. The van der Waals surface area contributed by atoms with Gasteiger partial charge in [-0.15, -0.1) is 5.10 Å². The molecule has 0 saturated heterocycles. The molecule has 1 heterocycles. The molecule has 0 aromatic carbocycles. The monoisotopic (exact) mass is 237 g/mol. The fraction of sp³-hybridized carbons (Fsp3) is 0.778. The van der Waals surface area contributed by atoms with Gasteiger partial charge in [-0.25, -0.2) is 4.68 Å². The number of hydrogen-bond donors (Lipinski definition) is 0. The molecule has 16 heavy (non-hydrogen) atoms. The minimum Gasteiger partial charge on any atom is -0.246 e. The van der Waals surface area contributed by atoms with Crippen molar-refractivity contribution in [2.24, 2.45) is 7.05 Å². The average molecular weight is 237 g/mol. The van der Waals surface area contributed by atoms with Gasteiger partial charge in [0, 0.05) is 19.9 Å². The Morgan fingerprint density at radius 3 is 2.25 bits per heavy atom. The first-order valence-electron chi connectivity index (χ1n) is 5.01. The number of nitrogens with zero attached hydrogens (tertiary/aromatic N) is 3. The molecule has 0 radical (unpaired) electrons. The van der Waals surface area contributed by atoms with Crippen LogP contribution in [-0.2, 0) is 18.9 Å². The van der Waals surface area contributed by atoms with Gasteiger partial charge in [0.15, 0.2) is 5.69 Å². The summed E-state index contributed by atoms with van der Waals surface area (Å²) >= 11 is 0. The van der Waals surface area contributed by atoms with Crippen molar-refractivity contribution in [2.45, 2.75) is 37.5 Å². The maximum atomic E-state index is 13.6. The molecule has 1 aromatic heterocycles. The molecule has 1 aliphatic rings. The van der Waals surface area contributed by atoms with E-state index in [1.54, 1.807) is 0 Å². The lowest BCUT2D eigenvalue weighted by molar-refractivity contribution is -0.0619. The Morgan fingerprint density at radius 1 is 1.06 bits per heavy atom. The van der Waals surface area contributed by atoms with Crippen molar-refractivity contribution in [3.05, 3.63) is 11.4 Å². The maximum Gasteiger partial charge on any atom is 0.293 e. The van der Waals surface area contributed by atoms with Crippen LogP contribution >= 0.6 is 0 Å². The zero-order valence-corrected chi connectivity index (χ0v) is 8.68. The number of fused-ring (bicyclic) bond motifs is 1. The Balaban J connectivity index is 2.59. The van der Waals surface area contributed by atoms with Crippen LogP contribution in [-0.4, -0.2) is 15.0 Å². The highest BCUT2D eigenvalue weighted by Crippen LogP contribution is 2.44. The van der Waals surface area contributed by atoms with Crippen molar-refractivity contribution in [3.63, 3.8) is 0 Å². The van der Waals surface area contributed by atoms with Crippen LogP contribution in [0.15, 0.2) is 0 Å². The first kappa shape index (κ1) is 11.3. The number of aromatic nitrogens is 3. The molecule has 0 fully saturated rings. The average Bonchev–Trinajstić information content (AvgIpc) is 2.55. The van der Waals surface area contributed by atoms with E-state index in [1.165, 1.54) is 7.05 Å². The third-order valence-corrected chi connectivity index (χ3v) is 2.75. The van der Waals surface area contributed by atoms with Gasteiger partial charge < -0.3 is 0 Å². The minimum absolute atomic E-state index is 0.0681. The number of rotatable bonds is 0. The molecule has 2 rings (SSSR count). The van der Waals surface area contributed by atoms with Gasteiger partial charge in [-0.05, 0) is 12.8 Å². The van der Waals surface area contributed by atoms with E-state index >= 15 is 0 Å². The summed E-state index contributed by atoms with van der Waals surface area (Å²) in [4.78, 5) is 0. The molecule has 90 valence electrons. The van der Waals surface area contributed by atoms with Crippen LogP contribution in [0.2, 0.25) is 0 Å². The zero-order valence-electron chi connectivity index (χ0n) is 8.68. The summed E-state index contributed by atoms with van der Waals surface area (Å²) in [5.41, 5.74) is -1.63. The van der Waals surface area contributed by atoms with Crippen molar-refractivity contribution < 1.29 is 17.6 Å². The van der Waals surface area contributed by atoms with E-state index in [-0.39, 0.29) is 12.8 Å². The Kier molecular flexibility index (Phi) is 2.43. The third-order valence-electron chi connectivity index (χ3n) is 2.75. The lowest BCUT2D eigenvalue weighted by Gasteiger charge is -2.24. The minimum atomic E-state index is -3.31. The zero-order chi connectivity index (χ0) is 12.0. The summed E-state index contributed by atoms with van der Waals surface area (Å²) < 4.78 is 55.1. The van der Waals surface area contributed by atoms with Gasteiger partial charge in [-0.3, -0.25) is 0 Å². The van der Waals surface area contributed by atoms with Crippen LogP contribution < -0.4 is 0 Å². The molecule has 3 nitrogen and oxygen atoms in total. The highest BCUT2D eigenvalue weighted by Gasteiger charge is 2.48. The molecule has 0 N–H and O–H groups in total. The van der Waals surface area contributed by atoms with Crippen LogP contribution in [0.4, 0.5) is 17.6 Å². The Labute approximate surface area is 89.4 Å². The van der Waals surface area contributed by atoms with E-state index in [1.807, 2.05) is 0 Å². The summed E-state index contributed by atoms with van der Waals surface area (Å²) in [6.45, 7) is 0. The van der Waals surface area contributed by atoms with Crippen LogP contribution in [0.25, 0.3) is 0 Å². The predicted octanol–water partition coefficient (Wildman–Crippen LogP) is 2.57. The topological polar surface area (TPSA) is 30.7 Å². The van der Waals surface area contributed by atoms with Crippen molar-refractivity contribution in [1.29, 1.82) is 0 Å². The Bertz CT molecular complexity index is 399. The van der Waals surface area contributed by atoms with Gasteiger partial charge in [0.2, 0.25) is 0 Å². The molecule has 0 unspecified atom stereocenters. The van der Waals surface area contributed by atoms with E-state index < -0.39 is 36.1 Å². The standard InChI is InChI=1S/C9H11F4N3/c1-16-7-6(14-15-16)8(10,11)4-2-3-5-9(7,12)13/h2-5H2,1H3. The molecule has 0 bridgehead atoms. The number of hydrogen-bond acceptors (Lipinski definition) is 2. The van der Waals surface area contributed by atoms with Crippen LogP contribution in [0.1, 0.15) is 37.1 Å². The summed E-state index contributed by atoms with van der Waals surface area (Å²) in [6.07, 6.45) is -0.738. The van der Waals surface area contributed by atoms with Crippen molar-refractivity contribution >= 4 is 0 Å².